The fourth-order valence-electron chi connectivity index (χ4n) is 1.64. The summed E-state index contributed by atoms with van der Waals surface area (Å²) in [5, 5.41) is 0. The lowest BCUT2D eigenvalue weighted by molar-refractivity contribution is -0.111. The van der Waals surface area contributed by atoms with Gasteiger partial charge in [-0.25, -0.2) is 0 Å². The van der Waals surface area contributed by atoms with Gasteiger partial charge in [0.15, 0.2) is 11.6 Å². The van der Waals surface area contributed by atoms with Crippen molar-refractivity contribution < 1.29 is 9.59 Å². The van der Waals surface area contributed by atoms with Crippen molar-refractivity contribution in [3.8, 4) is 0 Å². The Morgan fingerprint density at radius 3 is 1.89 bits per heavy atom. The molecular weight excluding hydrogens is 248 g/mol. The van der Waals surface area contributed by atoms with E-state index in [-0.39, 0.29) is 17.4 Å². The quantitative estimate of drug-likeness (QED) is 0.603. The fourth-order valence-corrected chi connectivity index (χ4v) is 1.80. The number of allylic oxidation sites excluding steroid dienone is 6. The van der Waals surface area contributed by atoms with E-state index in [0.29, 0.717) is 5.56 Å². The molecule has 2 aliphatic carbocycles. The Morgan fingerprint density at radius 1 is 1.00 bits per heavy atom. The van der Waals surface area contributed by atoms with E-state index < -0.39 is 0 Å². The van der Waals surface area contributed by atoms with Crippen LogP contribution in [0.5, 0.6) is 0 Å². The molecule has 3 heteroatoms. The molecule has 0 amide bonds. The highest BCUT2D eigenvalue weighted by atomic mass is 35.5. The summed E-state index contributed by atoms with van der Waals surface area (Å²) in [6.07, 6.45) is 7.38. The smallest absolute Gasteiger partial charge is 0.193 e. The largest absolute Gasteiger partial charge is 0.293 e. The molecule has 0 saturated heterocycles. The summed E-state index contributed by atoms with van der Waals surface area (Å²) < 4.78 is 0. The van der Waals surface area contributed by atoms with Crippen LogP contribution in [-0.4, -0.2) is 17.4 Å². The molecule has 0 fully saturated rings. The third kappa shape index (κ3) is 2.66. The zero-order valence-electron chi connectivity index (χ0n) is 9.60. The lowest BCUT2D eigenvalue weighted by Gasteiger charge is -1.92. The maximum atomic E-state index is 10.9. The van der Waals surface area contributed by atoms with Gasteiger partial charge in [0.1, 0.15) is 0 Å². The Labute approximate surface area is 110 Å². The van der Waals surface area contributed by atoms with Crippen LogP contribution in [0.4, 0.5) is 0 Å². The van der Waals surface area contributed by atoms with Gasteiger partial charge in [0.05, 0.1) is 5.88 Å². The molecule has 0 heterocycles. The molecule has 0 radical (unpaired) electrons. The molecular formula is C15H11ClO2. The van der Waals surface area contributed by atoms with Crippen molar-refractivity contribution in [3.63, 3.8) is 0 Å². The third-order valence-electron chi connectivity index (χ3n) is 2.63. The summed E-state index contributed by atoms with van der Waals surface area (Å²) in [7, 11) is 0. The van der Waals surface area contributed by atoms with Gasteiger partial charge in [-0.2, -0.15) is 0 Å². The highest BCUT2D eigenvalue weighted by Crippen LogP contribution is 2.23. The number of benzene rings is 1. The number of rotatable bonds is 2. The van der Waals surface area contributed by atoms with Crippen LogP contribution in [-0.2, 0) is 4.79 Å². The van der Waals surface area contributed by atoms with E-state index in [2.05, 4.69) is 0 Å². The van der Waals surface area contributed by atoms with Crippen LogP contribution in [0.25, 0.3) is 0 Å². The summed E-state index contributed by atoms with van der Waals surface area (Å²) in [5.41, 5.74) is 2.34. The number of alkyl halides is 1. The molecule has 2 aliphatic rings. The van der Waals surface area contributed by atoms with E-state index in [1.165, 1.54) is 0 Å². The average Bonchev–Trinajstić information content (AvgIpc) is 2.98. The number of carbonyl (C=O) groups is 2. The van der Waals surface area contributed by atoms with Gasteiger partial charge in [0.2, 0.25) is 0 Å². The number of carbonyl (C=O) groups excluding carboxylic acids is 2. The van der Waals surface area contributed by atoms with Crippen LogP contribution >= 0.6 is 11.6 Å². The Bertz CT molecular complexity index is 541. The van der Waals surface area contributed by atoms with Crippen LogP contribution in [0.2, 0.25) is 0 Å². The standard InChI is InChI=1S/C8H7ClO.C7H4O/c9-6-8(10)7-4-2-1-3-5-7;8-7-5-1-2-6(7)4-3-5/h1-5H,6H2;1-4H. The van der Waals surface area contributed by atoms with Gasteiger partial charge in [0, 0.05) is 16.7 Å². The second-order valence-electron chi connectivity index (χ2n) is 3.83. The number of fused-ring (bicyclic) bond motifs is 2. The Morgan fingerprint density at radius 2 is 1.56 bits per heavy atom. The van der Waals surface area contributed by atoms with Crippen LogP contribution in [0, 0.1) is 0 Å². The molecule has 0 saturated carbocycles. The maximum Gasteiger partial charge on any atom is 0.193 e. The van der Waals surface area contributed by atoms with Crippen molar-refractivity contribution in [3.05, 3.63) is 71.3 Å². The molecule has 18 heavy (non-hydrogen) atoms. The van der Waals surface area contributed by atoms with Crippen molar-refractivity contribution in [1.82, 2.24) is 0 Å². The first-order chi connectivity index (χ1) is 8.72. The summed E-state index contributed by atoms with van der Waals surface area (Å²) in [6, 6.07) is 9.01. The number of hydrogen-bond acceptors (Lipinski definition) is 2. The zero-order valence-corrected chi connectivity index (χ0v) is 10.4. The SMILES string of the molecule is O=C(CCl)c1ccccc1.O=C1C2=CC=C1C=C2. The van der Waals surface area contributed by atoms with Crippen molar-refractivity contribution in [1.29, 1.82) is 0 Å². The normalized spacial score (nSPS) is 14.8. The van der Waals surface area contributed by atoms with Gasteiger partial charge in [-0.1, -0.05) is 54.6 Å². The first-order valence-electron chi connectivity index (χ1n) is 5.51. The summed E-state index contributed by atoms with van der Waals surface area (Å²) in [4.78, 5) is 21.6. The molecule has 0 N–H and O–H groups in total. The Kier molecular flexibility index (Phi) is 3.90. The monoisotopic (exact) mass is 258 g/mol. The second kappa shape index (κ2) is 5.61. The first-order valence-corrected chi connectivity index (χ1v) is 6.05. The van der Waals surface area contributed by atoms with E-state index in [9.17, 15) is 9.59 Å². The minimum Gasteiger partial charge on any atom is -0.293 e. The van der Waals surface area contributed by atoms with Gasteiger partial charge in [-0.05, 0) is 0 Å². The van der Waals surface area contributed by atoms with E-state index >= 15 is 0 Å². The summed E-state index contributed by atoms with van der Waals surface area (Å²) >= 11 is 5.34. The van der Waals surface area contributed by atoms with E-state index in [4.69, 9.17) is 11.6 Å². The lowest BCUT2D eigenvalue weighted by Crippen LogP contribution is -1.98. The van der Waals surface area contributed by atoms with Gasteiger partial charge in [0.25, 0.3) is 0 Å². The highest BCUT2D eigenvalue weighted by Gasteiger charge is 2.19. The van der Waals surface area contributed by atoms with Crippen molar-refractivity contribution in [2.45, 2.75) is 0 Å². The topological polar surface area (TPSA) is 34.1 Å². The number of hydrogen-bond donors (Lipinski definition) is 0. The lowest BCUT2D eigenvalue weighted by atomic mass is 10.2. The predicted octanol–water partition coefficient (Wildman–Crippen LogP) is 3.10. The molecule has 3 rings (SSSR count). The molecule has 0 unspecified atom stereocenters. The van der Waals surface area contributed by atoms with Crippen LogP contribution in [0.15, 0.2) is 65.8 Å². The molecule has 1 aromatic carbocycles. The van der Waals surface area contributed by atoms with Gasteiger partial charge >= 0.3 is 0 Å². The van der Waals surface area contributed by atoms with Crippen molar-refractivity contribution >= 4 is 23.2 Å². The zero-order chi connectivity index (χ0) is 13.0. The molecule has 0 atom stereocenters. The minimum absolute atomic E-state index is 0.0257. The Hall–Kier alpha value is -1.93. The average molecular weight is 259 g/mol. The van der Waals surface area contributed by atoms with Crippen LogP contribution in [0.3, 0.4) is 0 Å². The van der Waals surface area contributed by atoms with Crippen LogP contribution in [0.1, 0.15) is 10.4 Å². The molecule has 0 aliphatic heterocycles. The first kappa shape index (κ1) is 12.5. The molecule has 0 aromatic heterocycles. The molecule has 1 aromatic rings. The second-order valence-corrected chi connectivity index (χ2v) is 4.10. The summed E-state index contributed by atoms with van der Waals surface area (Å²) in [6.45, 7) is 0. The molecule has 2 nitrogen and oxygen atoms in total. The van der Waals surface area contributed by atoms with E-state index in [1.54, 1.807) is 12.1 Å². The van der Waals surface area contributed by atoms with Gasteiger partial charge in [-0.3, -0.25) is 9.59 Å². The Balaban J connectivity index is 0.000000136. The summed E-state index contributed by atoms with van der Waals surface area (Å²) in [5.74, 6) is 0.219. The number of Topliss-reactive ketones (excluding diaryl/α,β-unsaturated/α-hetero) is 2. The van der Waals surface area contributed by atoms with E-state index in [0.717, 1.165) is 11.1 Å². The molecule has 2 bridgehead atoms. The molecule has 90 valence electrons. The highest BCUT2D eigenvalue weighted by molar-refractivity contribution is 6.30. The van der Waals surface area contributed by atoms with E-state index in [1.807, 2.05) is 42.5 Å². The van der Waals surface area contributed by atoms with Crippen molar-refractivity contribution in [2.24, 2.45) is 0 Å². The predicted molar refractivity (Wildman–Crippen MR) is 71.8 cm³/mol. The fraction of sp³-hybridized carbons (Fsp3) is 0.0667. The number of halogens is 1. The van der Waals surface area contributed by atoms with Gasteiger partial charge in [-0.15, -0.1) is 11.6 Å². The van der Waals surface area contributed by atoms with Gasteiger partial charge < -0.3 is 0 Å². The minimum atomic E-state index is -0.0257. The maximum absolute atomic E-state index is 10.9. The number of ketones is 2. The molecule has 0 spiro atoms. The third-order valence-corrected chi connectivity index (χ3v) is 2.87. The van der Waals surface area contributed by atoms with Crippen LogP contribution < -0.4 is 0 Å². The van der Waals surface area contributed by atoms with Crippen molar-refractivity contribution in [2.75, 3.05) is 5.88 Å².